The Labute approximate surface area is 153 Å². The monoisotopic (exact) mass is 380 g/mol. The van der Waals surface area contributed by atoms with Crippen molar-refractivity contribution >= 4 is 33.0 Å². The van der Waals surface area contributed by atoms with Crippen LogP contribution in [0.15, 0.2) is 47.4 Å². The van der Waals surface area contributed by atoms with E-state index in [1.165, 1.54) is 6.07 Å². The second-order valence-electron chi connectivity index (χ2n) is 6.11. The van der Waals surface area contributed by atoms with Gasteiger partial charge in [0, 0.05) is 29.5 Å². The second kappa shape index (κ2) is 7.64. The summed E-state index contributed by atoms with van der Waals surface area (Å²) in [5.41, 5.74) is 2.16. The molecule has 5 nitrogen and oxygen atoms in total. The minimum Gasteiger partial charge on any atom is -0.382 e. The highest BCUT2D eigenvalue weighted by Crippen LogP contribution is 2.23. The molecule has 0 radical (unpaired) electrons. The van der Waals surface area contributed by atoms with Crippen LogP contribution in [0.5, 0.6) is 0 Å². The van der Waals surface area contributed by atoms with Crippen molar-refractivity contribution in [3.8, 4) is 0 Å². The summed E-state index contributed by atoms with van der Waals surface area (Å²) in [5.74, 6) is 0. The van der Waals surface area contributed by atoms with Crippen molar-refractivity contribution in [1.29, 1.82) is 0 Å². The topological polar surface area (TPSA) is 67.4 Å². The lowest BCUT2D eigenvalue weighted by Gasteiger charge is -2.13. The van der Waals surface area contributed by atoms with E-state index in [0.29, 0.717) is 10.7 Å². The van der Waals surface area contributed by atoms with Gasteiger partial charge in [-0.15, -0.1) is 0 Å². The number of hydrogen-bond donors (Lipinski definition) is 2. The molecule has 0 aromatic heterocycles. The van der Waals surface area contributed by atoms with Gasteiger partial charge in [-0.3, -0.25) is 4.72 Å². The number of ether oxygens (including phenoxy) is 1. The maximum absolute atomic E-state index is 12.5. The molecule has 134 valence electrons. The van der Waals surface area contributed by atoms with Crippen LogP contribution in [-0.2, 0) is 14.8 Å². The molecule has 0 spiro atoms. The molecule has 1 heterocycles. The fourth-order valence-corrected chi connectivity index (χ4v) is 3.95. The van der Waals surface area contributed by atoms with Crippen LogP contribution in [0.4, 0.5) is 11.4 Å². The Bertz CT molecular complexity index is 832. The largest absolute Gasteiger partial charge is 0.382 e. The van der Waals surface area contributed by atoms with E-state index >= 15 is 0 Å². The predicted octanol–water partition coefficient (Wildman–Crippen LogP) is 4.04. The van der Waals surface area contributed by atoms with Gasteiger partial charge in [0.25, 0.3) is 10.0 Å². The Morgan fingerprint density at radius 2 is 1.88 bits per heavy atom. The van der Waals surface area contributed by atoms with Gasteiger partial charge in [-0.2, -0.15) is 0 Å². The quantitative estimate of drug-likeness (QED) is 0.793. The van der Waals surface area contributed by atoms with Crippen LogP contribution in [-0.4, -0.2) is 27.7 Å². The van der Waals surface area contributed by atoms with Crippen LogP contribution in [0, 0.1) is 6.92 Å². The Morgan fingerprint density at radius 1 is 1.16 bits per heavy atom. The lowest BCUT2D eigenvalue weighted by Crippen LogP contribution is -2.18. The van der Waals surface area contributed by atoms with Crippen molar-refractivity contribution in [2.75, 3.05) is 23.2 Å². The molecule has 0 saturated carbocycles. The number of aryl methyl sites for hydroxylation is 1. The van der Waals surface area contributed by atoms with E-state index in [0.717, 1.165) is 37.2 Å². The summed E-state index contributed by atoms with van der Waals surface area (Å²) in [6.45, 7) is 3.36. The molecule has 1 aliphatic heterocycles. The van der Waals surface area contributed by atoms with Gasteiger partial charge in [-0.1, -0.05) is 11.6 Å². The van der Waals surface area contributed by atoms with E-state index in [-0.39, 0.29) is 11.0 Å². The molecule has 3 rings (SSSR count). The summed E-state index contributed by atoms with van der Waals surface area (Å²) >= 11 is 5.95. The zero-order valence-electron chi connectivity index (χ0n) is 14.0. The van der Waals surface area contributed by atoms with Crippen molar-refractivity contribution in [3.05, 3.63) is 53.1 Å². The van der Waals surface area contributed by atoms with Crippen LogP contribution in [0.25, 0.3) is 0 Å². The number of halogens is 1. The molecule has 0 bridgehead atoms. The van der Waals surface area contributed by atoms with Gasteiger partial charge < -0.3 is 10.1 Å². The third-order valence-corrected chi connectivity index (χ3v) is 5.94. The molecule has 0 aliphatic carbocycles. The normalized spacial score (nSPS) is 17.4. The summed E-state index contributed by atoms with van der Waals surface area (Å²) < 4.78 is 33.1. The summed E-state index contributed by atoms with van der Waals surface area (Å²) in [7, 11) is -3.64. The Morgan fingerprint density at radius 3 is 2.52 bits per heavy atom. The molecule has 0 amide bonds. The number of nitrogens with one attached hydrogen (secondary N) is 2. The van der Waals surface area contributed by atoms with E-state index in [9.17, 15) is 8.42 Å². The first-order chi connectivity index (χ1) is 11.9. The Hall–Kier alpha value is -1.76. The van der Waals surface area contributed by atoms with E-state index < -0.39 is 10.0 Å². The van der Waals surface area contributed by atoms with Gasteiger partial charge in [0.15, 0.2) is 0 Å². The summed E-state index contributed by atoms with van der Waals surface area (Å²) in [6, 6.07) is 11.8. The van der Waals surface area contributed by atoms with E-state index in [1.807, 2.05) is 12.1 Å². The van der Waals surface area contributed by atoms with E-state index in [2.05, 4.69) is 10.0 Å². The van der Waals surface area contributed by atoms with Crippen LogP contribution in [0.2, 0.25) is 5.02 Å². The number of rotatable bonds is 6. The minimum absolute atomic E-state index is 0.190. The summed E-state index contributed by atoms with van der Waals surface area (Å²) in [6.07, 6.45) is 2.44. The average Bonchev–Trinajstić information content (AvgIpc) is 3.10. The van der Waals surface area contributed by atoms with Gasteiger partial charge in [-0.25, -0.2) is 8.42 Å². The standard InChI is InChI=1S/C18H21ClN2O3S/c1-13-11-17(8-9-18(13)19)25(22,23)21-15-6-4-14(5-7-15)20-12-16-3-2-10-24-16/h4-9,11,16,20-21H,2-3,10,12H2,1H3. The van der Waals surface area contributed by atoms with E-state index in [1.54, 1.807) is 31.2 Å². The summed E-state index contributed by atoms with van der Waals surface area (Å²) in [4.78, 5) is 0.190. The maximum Gasteiger partial charge on any atom is 0.261 e. The van der Waals surface area contributed by atoms with E-state index in [4.69, 9.17) is 16.3 Å². The third kappa shape index (κ3) is 4.66. The van der Waals surface area contributed by atoms with Crippen molar-refractivity contribution in [3.63, 3.8) is 0 Å². The van der Waals surface area contributed by atoms with Gasteiger partial charge in [-0.05, 0) is 67.8 Å². The van der Waals surface area contributed by atoms with Crippen molar-refractivity contribution in [1.82, 2.24) is 0 Å². The van der Waals surface area contributed by atoms with Crippen LogP contribution < -0.4 is 10.0 Å². The predicted molar refractivity (Wildman–Crippen MR) is 101 cm³/mol. The lowest BCUT2D eigenvalue weighted by atomic mass is 10.2. The smallest absolute Gasteiger partial charge is 0.261 e. The van der Waals surface area contributed by atoms with Crippen LogP contribution in [0.1, 0.15) is 18.4 Å². The van der Waals surface area contributed by atoms with Crippen molar-refractivity contribution < 1.29 is 13.2 Å². The number of hydrogen-bond acceptors (Lipinski definition) is 4. The second-order valence-corrected chi connectivity index (χ2v) is 8.20. The molecule has 1 unspecified atom stereocenters. The molecule has 25 heavy (non-hydrogen) atoms. The van der Waals surface area contributed by atoms with Gasteiger partial charge in [0.1, 0.15) is 0 Å². The number of sulfonamides is 1. The third-order valence-electron chi connectivity index (χ3n) is 4.13. The minimum atomic E-state index is -3.64. The highest BCUT2D eigenvalue weighted by Gasteiger charge is 2.16. The molecule has 2 aromatic carbocycles. The molecule has 1 atom stereocenters. The molecular weight excluding hydrogens is 360 g/mol. The molecule has 1 fully saturated rings. The lowest BCUT2D eigenvalue weighted by molar-refractivity contribution is 0.120. The van der Waals surface area contributed by atoms with Gasteiger partial charge in [0.2, 0.25) is 0 Å². The highest BCUT2D eigenvalue weighted by molar-refractivity contribution is 7.92. The van der Waals surface area contributed by atoms with Crippen LogP contribution >= 0.6 is 11.6 Å². The van der Waals surface area contributed by atoms with Gasteiger partial charge >= 0.3 is 0 Å². The molecule has 1 saturated heterocycles. The zero-order chi connectivity index (χ0) is 17.9. The number of anilines is 2. The number of benzene rings is 2. The SMILES string of the molecule is Cc1cc(S(=O)(=O)Nc2ccc(NCC3CCCO3)cc2)ccc1Cl. The first-order valence-corrected chi connectivity index (χ1v) is 10.0. The summed E-state index contributed by atoms with van der Waals surface area (Å²) in [5, 5.41) is 3.85. The molecule has 2 N–H and O–H groups in total. The van der Waals surface area contributed by atoms with Gasteiger partial charge in [0.05, 0.1) is 11.0 Å². The van der Waals surface area contributed by atoms with Crippen molar-refractivity contribution in [2.45, 2.75) is 30.8 Å². The fraction of sp³-hybridized carbons (Fsp3) is 0.333. The Kier molecular flexibility index (Phi) is 5.51. The van der Waals surface area contributed by atoms with Crippen LogP contribution in [0.3, 0.4) is 0 Å². The maximum atomic E-state index is 12.5. The zero-order valence-corrected chi connectivity index (χ0v) is 15.5. The first-order valence-electron chi connectivity index (χ1n) is 8.18. The molecule has 2 aromatic rings. The molecule has 7 heteroatoms. The first kappa shape index (κ1) is 18.0. The average molecular weight is 381 g/mol. The molecular formula is C18H21ClN2O3S. The highest BCUT2D eigenvalue weighted by atomic mass is 35.5. The molecule has 1 aliphatic rings. The Balaban J connectivity index is 1.64. The fourth-order valence-electron chi connectivity index (χ4n) is 2.69. The van der Waals surface area contributed by atoms with Crippen molar-refractivity contribution in [2.24, 2.45) is 0 Å².